The molecule has 2 aliphatic heterocycles. The van der Waals surface area contributed by atoms with Gasteiger partial charge in [0.05, 0.1) is 41.4 Å². The van der Waals surface area contributed by atoms with Crippen molar-refractivity contribution in [3.05, 3.63) is 53.5 Å². The Hall–Kier alpha value is -3.71. The highest BCUT2D eigenvalue weighted by Crippen LogP contribution is 2.37. The van der Waals surface area contributed by atoms with Gasteiger partial charge in [-0.3, -0.25) is 4.68 Å². The molecule has 1 saturated heterocycles. The van der Waals surface area contributed by atoms with E-state index >= 15 is 4.39 Å². The van der Waals surface area contributed by atoms with Crippen molar-refractivity contribution in [1.82, 2.24) is 19.4 Å². The van der Waals surface area contributed by atoms with Crippen molar-refractivity contribution in [3.63, 3.8) is 0 Å². The van der Waals surface area contributed by atoms with Crippen molar-refractivity contribution in [3.8, 4) is 6.07 Å². The Morgan fingerprint density at radius 2 is 1.94 bits per heavy atom. The maximum absolute atomic E-state index is 15.1. The lowest BCUT2D eigenvalue weighted by atomic mass is 9.93. The van der Waals surface area contributed by atoms with Crippen LogP contribution in [0.3, 0.4) is 0 Å². The van der Waals surface area contributed by atoms with E-state index in [9.17, 15) is 9.65 Å². The minimum atomic E-state index is -0.490. The molecule has 0 radical (unpaired) electrons. The lowest BCUT2D eigenvalue weighted by Gasteiger charge is -2.47. The van der Waals surface area contributed by atoms with E-state index in [-0.39, 0.29) is 28.6 Å². The first-order chi connectivity index (χ1) is 15.8. The molecule has 1 atom stereocenters. The molecule has 1 aromatic carbocycles. The monoisotopic (exact) mass is 448 g/mol. The zero-order valence-corrected chi connectivity index (χ0v) is 18.3. The summed E-state index contributed by atoms with van der Waals surface area (Å²) < 4.78 is 33.0. The zero-order valence-electron chi connectivity index (χ0n) is 18.3. The summed E-state index contributed by atoms with van der Waals surface area (Å²) in [6, 6.07) is 8.72. The van der Waals surface area contributed by atoms with Crippen LogP contribution in [-0.2, 0) is 6.54 Å². The first-order valence-electron chi connectivity index (χ1n) is 10.8. The molecule has 2 N–H and O–H groups in total. The highest BCUT2D eigenvalue weighted by molar-refractivity contribution is 5.86. The molecule has 1 fully saturated rings. The third kappa shape index (κ3) is 2.89. The summed E-state index contributed by atoms with van der Waals surface area (Å²) in [6.45, 7) is 6.19. The predicted molar refractivity (Wildman–Crippen MR) is 120 cm³/mol. The predicted octanol–water partition coefficient (Wildman–Crippen LogP) is 2.95. The molecule has 2 aliphatic rings. The summed E-state index contributed by atoms with van der Waals surface area (Å²) in [5.74, 6) is -0.794. The standard InChI is InChI=1S/C23H22F2N8/c1-13-9-30(19-4-3-14(7-26)33-22(19)17(25)8-28-33)10-21-15-5-16(24)20(6-18(15)29-32(13)21)31-11-23(2,27)12-31/h3-6,8,13H,9-12,27H2,1-2H3/t13-/m1/s1. The molecule has 0 amide bonds. The smallest absolute Gasteiger partial charge is 0.171 e. The normalized spacial score (nSPS) is 19.6. The maximum atomic E-state index is 15.1. The van der Waals surface area contributed by atoms with E-state index in [4.69, 9.17) is 10.8 Å². The number of rotatable bonds is 2. The van der Waals surface area contributed by atoms with Gasteiger partial charge in [-0.25, -0.2) is 13.3 Å². The molecule has 3 aromatic heterocycles. The number of hydrogen-bond donors (Lipinski definition) is 1. The third-order valence-corrected chi connectivity index (χ3v) is 6.61. The van der Waals surface area contributed by atoms with E-state index < -0.39 is 5.82 Å². The summed E-state index contributed by atoms with van der Waals surface area (Å²) in [4.78, 5) is 3.96. The fourth-order valence-electron chi connectivity index (χ4n) is 5.14. The number of anilines is 2. The van der Waals surface area contributed by atoms with Crippen molar-refractivity contribution in [1.29, 1.82) is 5.26 Å². The largest absolute Gasteiger partial charge is 0.365 e. The van der Waals surface area contributed by atoms with Gasteiger partial charge in [0.2, 0.25) is 0 Å². The van der Waals surface area contributed by atoms with Gasteiger partial charge in [-0.05, 0) is 38.1 Å². The molecule has 168 valence electrons. The van der Waals surface area contributed by atoms with Crippen molar-refractivity contribution >= 4 is 27.8 Å². The van der Waals surface area contributed by atoms with Crippen LogP contribution in [-0.4, -0.2) is 44.6 Å². The fraction of sp³-hybridized carbons (Fsp3) is 0.348. The second kappa shape index (κ2) is 6.65. The summed E-state index contributed by atoms with van der Waals surface area (Å²) in [7, 11) is 0. The molecule has 0 spiro atoms. The number of nitrogens with zero attached hydrogens (tertiary/aromatic N) is 7. The third-order valence-electron chi connectivity index (χ3n) is 6.61. The summed E-state index contributed by atoms with van der Waals surface area (Å²) in [6.07, 6.45) is 1.12. The van der Waals surface area contributed by atoms with Crippen LogP contribution in [0.25, 0.3) is 16.4 Å². The van der Waals surface area contributed by atoms with Gasteiger partial charge in [-0.2, -0.15) is 15.5 Å². The summed E-state index contributed by atoms with van der Waals surface area (Å²) >= 11 is 0. The van der Waals surface area contributed by atoms with E-state index in [0.29, 0.717) is 37.6 Å². The van der Waals surface area contributed by atoms with Crippen molar-refractivity contribution in [2.24, 2.45) is 5.73 Å². The summed E-state index contributed by atoms with van der Waals surface area (Å²) in [5, 5.41) is 18.9. The van der Waals surface area contributed by atoms with Crippen molar-refractivity contribution in [2.75, 3.05) is 29.4 Å². The van der Waals surface area contributed by atoms with Gasteiger partial charge in [0, 0.05) is 30.6 Å². The number of nitriles is 1. The van der Waals surface area contributed by atoms with Crippen LogP contribution in [0, 0.1) is 23.0 Å². The van der Waals surface area contributed by atoms with Gasteiger partial charge in [0.1, 0.15) is 23.1 Å². The molecule has 4 aromatic rings. The topological polar surface area (TPSA) is 91.4 Å². The van der Waals surface area contributed by atoms with Gasteiger partial charge in [-0.1, -0.05) is 0 Å². The molecular formula is C23H22F2N8. The quantitative estimate of drug-likeness (QED) is 0.507. The number of aromatic nitrogens is 4. The highest BCUT2D eigenvalue weighted by Gasteiger charge is 2.37. The van der Waals surface area contributed by atoms with E-state index in [1.165, 1.54) is 4.52 Å². The Morgan fingerprint density at radius 1 is 1.15 bits per heavy atom. The number of benzene rings is 1. The molecule has 8 nitrogen and oxygen atoms in total. The molecule has 0 unspecified atom stereocenters. The lowest BCUT2D eigenvalue weighted by molar-refractivity contribution is 0.361. The van der Waals surface area contributed by atoms with E-state index in [2.05, 4.69) is 5.10 Å². The first-order valence-corrected chi connectivity index (χ1v) is 10.8. The zero-order chi connectivity index (χ0) is 23.1. The molecule has 33 heavy (non-hydrogen) atoms. The second-order valence-electron chi connectivity index (χ2n) is 9.42. The van der Waals surface area contributed by atoms with Crippen LogP contribution in [0.5, 0.6) is 0 Å². The molecule has 0 saturated carbocycles. The van der Waals surface area contributed by atoms with Gasteiger partial charge >= 0.3 is 0 Å². The lowest BCUT2D eigenvalue weighted by Crippen LogP contribution is -2.65. The Labute approximate surface area is 188 Å². The molecule has 6 rings (SSSR count). The SMILES string of the molecule is C[C@@H]1CN(c2ccc(C#N)n3ncc(F)c23)Cc2c3cc(F)c(N4CC(C)(N)C4)cc3nn21. The maximum Gasteiger partial charge on any atom is 0.171 e. The number of nitrogens with two attached hydrogens (primary N) is 1. The number of halogens is 2. The van der Waals surface area contributed by atoms with Crippen LogP contribution in [0.4, 0.5) is 20.2 Å². The van der Waals surface area contributed by atoms with Gasteiger partial charge in [0.25, 0.3) is 0 Å². The fourth-order valence-corrected chi connectivity index (χ4v) is 5.14. The number of fused-ring (bicyclic) bond motifs is 4. The van der Waals surface area contributed by atoms with Crippen LogP contribution < -0.4 is 15.5 Å². The van der Waals surface area contributed by atoms with Crippen LogP contribution in [0.15, 0.2) is 30.5 Å². The number of hydrogen-bond acceptors (Lipinski definition) is 6. The van der Waals surface area contributed by atoms with Crippen molar-refractivity contribution in [2.45, 2.75) is 32.0 Å². The Balaban J connectivity index is 1.43. The molecule has 5 heterocycles. The molecule has 0 bridgehead atoms. The Morgan fingerprint density at radius 3 is 2.67 bits per heavy atom. The minimum absolute atomic E-state index is 0.0225. The molecular weight excluding hydrogens is 426 g/mol. The minimum Gasteiger partial charge on any atom is -0.365 e. The number of pyridine rings is 1. The average Bonchev–Trinajstić information content (AvgIpc) is 3.32. The van der Waals surface area contributed by atoms with E-state index in [1.54, 1.807) is 24.3 Å². The van der Waals surface area contributed by atoms with Gasteiger partial charge in [-0.15, -0.1) is 0 Å². The van der Waals surface area contributed by atoms with Crippen LogP contribution in [0.1, 0.15) is 31.3 Å². The van der Waals surface area contributed by atoms with Crippen LogP contribution in [0.2, 0.25) is 0 Å². The Kier molecular flexibility index (Phi) is 4.02. The molecule has 0 aliphatic carbocycles. The second-order valence-corrected chi connectivity index (χ2v) is 9.42. The summed E-state index contributed by atoms with van der Waals surface area (Å²) in [5.41, 5.74) is 9.05. The van der Waals surface area contributed by atoms with Crippen molar-refractivity contribution < 1.29 is 8.78 Å². The average molecular weight is 448 g/mol. The van der Waals surface area contributed by atoms with Gasteiger partial charge in [0.15, 0.2) is 5.82 Å². The van der Waals surface area contributed by atoms with E-state index in [0.717, 1.165) is 22.8 Å². The van der Waals surface area contributed by atoms with Gasteiger partial charge < -0.3 is 15.5 Å². The van der Waals surface area contributed by atoms with Crippen LogP contribution >= 0.6 is 0 Å². The van der Waals surface area contributed by atoms with E-state index in [1.807, 2.05) is 34.4 Å². The first kappa shape index (κ1) is 19.9. The molecule has 10 heteroatoms. The highest BCUT2D eigenvalue weighted by atomic mass is 19.1. The Bertz CT molecular complexity index is 1470.